The summed E-state index contributed by atoms with van der Waals surface area (Å²) in [5.41, 5.74) is -0.0540. The Morgan fingerprint density at radius 2 is 2.06 bits per heavy atom. The van der Waals surface area contributed by atoms with Gasteiger partial charge in [-0.05, 0) is 26.0 Å². The average Bonchev–Trinajstić information content (AvgIpc) is 2.39. The van der Waals surface area contributed by atoms with Gasteiger partial charge in [0.2, 0.25) is 5.91 Å². The minimum absolute atomic E-state index is 0.0369. The van der Waals surface area contributed by atoms with E-state index in [1.165, 1.54) is 6.07 Å². The third-order valence-corrected chi connectivity index (χ3v) is 3.02. The van der Waals surface area contributed by atoms with E-state index >= 15 is 0 Å². The fraction of sp³-hybridized carbons (Fsp3) is 0.462. The second kappa shape index (κ2) is 4.45. The Kier molecular flexibility index (Phi) is 3.15. The van der Waals surface area contributed by atoms with Gasteiger partial charge in [0.25, 0.3) is 0 Å². The van der Waals surface area contributed by atoms with Crippen molar-refractivity contribution >= 4 is 11.6 Å². The molecule has 4 heteroatoms. The predicted molar refractivity (Wildman–Crippen MR) is 65.5 cm³/mol. The van der Waals surface area contributed by atoms with Gasteiger partial charge in [0.15, 0.2) is 0 Å². The van der Waals surface area contributed by atoms with Crippen molar-refractivity contribution in [1.82, 2.24) is 5.32 Å². The van der Waals surface area contributed by atoms with E-state index in [1.807, 2.05) is 13.8 Å². The van der Waals surface area contributed by atoms with Crippen LogP contribution in [0.15, 0.2) is 24.3 Å². The van der Waals surface area contributed by atoms with Crippen molar-refractivity contribution in [3.8, 4) is 0 Å². The molecule has 1 aromatic carbocycles. The first kappa shape index (κ1) is 12.0. The molecule has 1 saturated heterocycles. The molecule has 0 unspecified atom stereocenters. The van der Waals surface area contributed by atoms with Crippen LogP contribution in [0.4, 0.5) is 10.1 Å². The number of amides is 1. The summed E-state index contributed by atoms with van der Waals surface area (Å²) >= 11 is 0. The Labute approximate surface area is 101 Å². The van der Waals surface area contributed by atoms with Crippen molar-refractivity contribution in [2.75, 3.05) is 18.0 Å². The Morgan fingerprint density at radius 3 is 2.76 bits per heavy atom. The number of anilines is 1. The lowest BCUT2D eigenvalue weighted by atomic mass is 10.0. The standard InChI is InChI=1S/C13H17FN2O/c1-13(2)9-15-8-7-12(17)16(13)11-6-4-3-5-10(11)14/h3-6,15H,7-9H2,1-2H3. The van der Waals surface area contributed by atoms with Crippen molar-refractivity contribution in [1.29, 1.82) is 0 Å². The molecule has 17 heavy (non-hydrogen) atoms. The molecule has 0 aliphatic carbocycles. The minimum Gasteiger partial charge on any atom is -0.314 e. The van der Waals surface area contributed by atoms with Crippen LogP contribution in [0.25, 0.3) is 0 Å². The van der Waals surface area contributed by atoms with Crippen molar-refractivity contribution in [2.45, 2.75) is 25.8 Å². The molecular weight excluding hydrogens is 219 g/mol. The summed E-state index contributed by atoms with van der Waals surface area (Å²) in [4.78, 5) is 13.7. The molecule has 1 heterocycles. The Balaban J connectivity index is 2.45. The maximum Gasteiger partial charge on any atom is 0.228 e. The first-order chi connectivity index (χ1) is 8.02. The Hall–Kier alpha value is -1.42. The van der Waals surface area contributed by atoms with Crippen LogP contribution in [0.2, 0.25) is 0 Å². The predicted octanol–water partition coefficient (Wildman–Crippen LogP) is 1.93. The molecule has 0 aromatic heterocycles. The summed E-state index contributed by atoms with van der Waals surface area (Å²) in [6.07, 6.45) is 0.401. The third-order valence-electron chi connectivity index (χ3n) is 3.02. The van der Waals surface area contributed by atoms with E-state index < -0.39 is 5.54 Å². The molecule has 0 atom stereocenters. The quantitative estimate of drug-likeness (QED) is 0.808. The second-order valence-electron chi connectivity index (χ2n) is 4.92. The number of hydrogen-bond donors (Lipinski definition) is 1. The van der Waals surface area contributed by atoms with E-state index in [9.17, 15) is 9.18 Å². The molecule has 2 rings (SSSR count). The highest BCUT2D eigenvalue weighted by Crippen LogP contribution is 2.28. The van der Waals surface area contributed by atoms with E-state index in [2.05, 4.69) is 5.32 Å². The lowest BCUT2D eigenvalue weighted by Crippen LogP contribution is -2.51. The van der Waals surface area contributed by atoms with Gasteiger partial charge < -0.3 is 10.2 Å². The molecule has 0 bridgehead atoms. The van der Waals surface area contributed by atoms with E-state index in [1.54, 1.807) is 23.1 Å². The molecule has 1 aliphatic rings. The second-order valence-corrected chi connectivity index (χ2v) is 4.92. The van der Waals surface area contributed by atoms with Gasteiger partial charge in [-0.25, -0.2) is 4.39 Å². The third kappa shape index (κ3) is 2.31. The molecule has 0 spiro atoms. The van der Waals surface area contributed by atoms with E-state index in [4.69, 9.17) is 0 Å². The summed E-state index contributed by atoms with van der Waals surface area (Å²) in [5, 5.41) is 3.20. The van der Waals surface area contributed by atoms with Gasteiger partial charge >= 0.3 is 0 Å². The fourth-order valence-electron chi connectivity index (χ4n) is 2.21. The number of nitrogens with zero attached hydrogens (tertiary/aromatic N) is 1. The number of carbonyl (C=O) groups excluding carboxylic acids is 1. The SMILES string of the molecule is CC1(C)CNCCC(=O)N1c1ccccc1F. The van der Waals surface area contributed by atoms with Crippen molar-refractivity contribution < 1.29 is 9.18 Å². The van der Waals surface area contributed by atoms with Gasteiger partial charge in [-0.2, -0.15) is 0 Å². The molecule has 1 aromatic rings. The van der Waals surface area contributed by atoms with E-state index in [-0.39, 0.29) is 11.7 Å². The maximum atomic E-state index is 13.8. The highest BCUT2D eigenvalue weighted by molar-refractivity contribution is 5.95. The fourth-order valence-corrected chi connectivity index (χ4v) is 2.21. The summed E-state index contributed by atoms with van der Waals surface area (Å²) in [6, 6.07) is 6.42. The number of benzene rings is 1. The van der Waals surface area contributed by atoms with Gasteiger partial charge in [0, 0.05) is 19.5 Å². The molecular formula is C13H17FN2O. The van der Waals surface area contributed by atoms with Crippen molar-refractivity contribution in [3.63, 3.8) is 0 Å². The number of para-hydroxylation sites is 1. The van der Waals surface area contributed by atoms with Crippen LogP contribution in [0.5, 0.6) is 0 Å². The van der Waals surface area contributed by atoms with Crippen molar-refractivity contribution in [2.24, 2.45) is 0 Å². The van der Waals surface area contributed by atoms with Gasteiger partial charge in [-0.3, -0.25) is 4.79 Å². The van der Waals surface area contributed by atoms with Crippen LogP contribution in [0.3, 0.4) is 0 Å². The van der Waals surface area contributed by atoms with Crippen LogP contribution in [0.1, 0.15) is 20.3 Å². The molecule has 0 radical (unpaired) electrons. The number of hydrogen-bond acceptors (Lipinski definition) is 2. The number of rotatable bonds is 1. The Morgan fingerprint density at radius 1 is 1.35 bits per heavy atom. The van der Waals surface area contributed by atoms with Gasteiger partial charge in [0.05, 0.1) is 11.2 Å². The van der Waals surface area contributed by atoms with Crippen LogP contribution in [-0.2, 0) is 4.79 Å². The van der Waals surface area contributed by atoms with Crippen LogP contribution in [0, 0.1) is 5.82 Å². The number of nitrogens with one attached hydrogen (secondary N) is 1. The monoisotopic (exact) mass is 236 g/mol. The zero-order valence-electron chi connectivity index (χ0n) is 10.2. The van der Waals surface area contributed by atoms with Gasteiger partial charge in [-0.1, -0.05) is 12.1 Å². The molecule has 0 saturated carbocycles. The van der Waals surface area contributed by atoms with Gasteiger partial charge in [0.1, 0.15) is 5.82 Å². The summed E-state index contributed by atoms with van der Waals surface area (Å²) in [5.74, 6) is -0.388. The van der Waals surface area contributed by atoms with Gasteiger partial charge in [-0.15, -0.1) is 0 Å². The van der Waals surface area contributed by atoms with E-state index in [0.29, 0.717) is 25.2 Å². The zero-order chi connectivity index (χ0) is 12.5. The molecule has 92 valence electrons. The normalized spacial score (nSPS) is 20.2. The highest BCUT2D eigenvalue weighted by atomic mass is 19.1. The summed E-state index contributed by atoms with van der Waals surface area (Å²) in [7, 11) is 0. The molecule has 1 N–H and O–H groups in total. The minimum atomic E-state index is -0.421. The average molecular weight is 236 g/mol. The summed E-state index contributed by atoms with van der Waals surface area (Å²) < 4.78 is 13.8. The van der Waals surface area contributed by atoms with Crippen LogP contribution >= 0.6 is 0 Å². The molecule has 3 nitrogen and oxygen atoms in total. The summed E-state index contributed by atoms with van der Waals surface area (Å²) in [6.45, 7) is 5.19. The molecule has 1 amide bonds. The lowest BCUT2D eigenvalue weighted by Gasteiger charge is -2.37. The van der Waals surface area contributed by atoms with Crippen LogP contribution < -0.4 is 10.2 Å². The van der Waals surface area contributed by atoms with Crippen molar-refractivity contribution in [3.05, 3.63) is 30.1 Å². The van der Waals surface area contributed by atoms with Crippen LogP contribution in [-0.4, -0.2) is 24.5 Å². The first-order valence-corrected chi connectivity index (χ1v) is 5.81. The molecule has 1 fully saturated rings. The van der Waals surface area contributed by atoms with E-state index in [0.717, 1.165) is 0 Å². The zero-order valence-corrected chi connectivity index (χ0v) is 10.2. The number of carbonyl (C=O) groups is 1. The number of halogens is 1. The largest absolute Gasteiger partial charge is 0.314 e. The molecule has 1 aliphatic heterocycles. The smallest absolute Gasteiger partial charge is 0.228 e. The Bertz CT molecular complexity index is 431. The lowest BCUT2D eigenvalue weighted by molar-refractivity contribution is -0.119. The maximum absolute atomic E-state index is 13.8. The highest BCUT2D eigenvalue weighted by Gasteiger charge is 2.35. The first-order valence-electron chi connectivity index (χ1n) is 5.81. The topological polar surface area (TPSA) is 32.3 Å².